The van der Waals surface area contributed by atoms with Gasteiger partial charge in [-0.3, -0.25) is 4.99 Å². The lowest BCUT2D eigenvalue weighted by Crippen LogP contribution is -2.43. The van der Waals surface area contributed by atoms with Crippen LogP contribution in [-0.2, 0) is 9.47 Å². The molecule has 0 aromatic heterocycles. The van der Waals surface area contributed by atoms with E-state index in [4.69, 9.17) is 14.5 Å². The van der Waals surface area contributed by atoms with Gasteiger partial charge in [-0.25, -0.2) is 9.59 Å². The average Bonchev–Trinajstić information content (AvgIpc) is 2.81. The molecule has 2 heterocycles. The SMILES string of the molecule is COC(=O)c1cccc(C2C(C#N)=C(C3CCCN(C(=O)OC(C)(C)C)C3)N=C(C)C2C#N)c1. The van der Waals surface area contributed by atoms with Crippen LogP contribution >= 0.6 is 0 Å². The van der Waals surface area contributed by atoms with Crippen LogP contribution in [0.25, 0.3) is 0 Å². The summed E-state index contributed by atoms with van der Waals surface area (Å²) in [6.07, 6.45) is 1.14. The number of methoxy groups -OCH3 is 1. The van der Waals surface area contributed by atoms with Crippen LogP contribution in [0.3, 0.4) is 0 Å². The Hall–Kier alpha value is -3.65. The fourth-order valence-corrected chi connectivity index (χ4v) is 4.52. The van der Waals surface area contributed by atoms with Crippen LogP contribution in [0.5, 0.6) is 0 Å². The van der Waals surface area contributed by atoms with Crippen molar-refractivity contribution in [2.45, 2.75) is 52.1 Å². The Morgan fingerprint density at radius 2 is 1.97 bits per heavy atom. The van der Waals surface area contributed by atoms with Gasteiger partial charge >= 0.3 is 12.1 Å². The van der Waals surface area contributed by atoms with Gasteiger partial charge in [0.2, 0.25) is 0 Å². The van der Waals surface area contributed by atoms with Crippen LogP contribution in [0, 0.1) is 34.5 Å². The molecule has 1 aromatic rings. The molecule has 1 aromatic carbocycles. The van der Waals surface area contributed by atoms with E-state index in [1.165, 1.54) is 7.11 Å². The molecule has 0 bridgehead atoms. The number of amides is 1. The van der Waals surface area contributed by atoms with E-state index in [9.17, 15) is 20.1 Å². The standard InChI is InChI=1S/C26H30N4O4/c1-16-20(13-27)22(17-8-6-9-18(12-17)24(31)33-5)21(14-28)23(29-16)19-10-7-11-30(15-19)25(32)34-26(2,3)4/h6,8-9,12,19-20,22H,7,10-11,15H2,1-5H3. The molecule has 178 valence electrons. The predicted octanol–water partition coefficient (Wildman–Crippen LogP) is 4.60. The maximum absolute atomic E-state index is 12.7. The molecule has 3 atom stereocenters. The summed E-state index contributed by atoms with van der Waals surface area (Å²) < 4.78 is 10.4. The number of piperidine rings is 1. The van der Waals surface area contributed by atoms with Crippen LogP contribution in [-0.4, -0.2) is 48.5 Å². The molecular formula is C26H30N4O4. The molecule has 8 nitrogen and oxygen atoms in total. The molecule has 0 spiro atoms. The number of rotatable bonds is 3. The number of nitriles is 2. The first-order valence-electron chi connectivity index (χ1n) is 11.3. The number of carbonyl (C=O) groups excluding carboxylic acids is 2. The molecule has 3 rings (SSSR count). The van der Waals surface area contributed by atoms with Gasteiger partial charge in [-0.15, -0.1) is 0 Å². The minimum absolute atomic E-state index is 0.156. The Labute approximate surface area is 200 Å². The zero-order valence-corrected chi connectivity index (χ0v) is 20.3. The second-order valence-electron chi connectivity index (χ2n) is 9.63. The number of esters is 1. The molecular weight excluding hydrogens is 432 g/mol. The summed E-state index contributed by atoms with van der Waals surface area (Å²) in [5.41, 5.74) is 2.04. The number of benzene rings is 1. The molecule has 8 heteroatoms. The van der Waals surface area contributed by atoms with Gasteiger partial charge in [0.15, 0.2) is 0 Å². The molecule has 3 unspecified atom stereocenters. The predicted molar refractivity (Wildman–Crippen MR) is 126 cm³/mol. The van der Waals surface area contributed by atoms with E-state index in [2.05, 4.69) is 12.1 Å². The van der Waals surface area contributed by atoms with Crippen LogP contribution in [0.2, 0.25) is 0 Å². The molecule has 34 heavy (non-hydrogen) atoms. The van der Waals surface area contributed by atoms with Crippen molar-refractivity contribution in [1.29, 1.82) is 10.5 Å². The van der Waals surface area contributed by atoms with Crippen molar-refractivity contribution in [3.05, 3.63) is 46.7 Å². The van der Waals surface area contributed by atoms with E-state index in [0.717, 1.165) is 12.8 Å². The first kappa shape index (κ1) is 25.0. The second kappa shape index (κ2) is 10.1. The Bertz CT molecular complexity index is 1120. The summed E-state index contributed by atoms with van der Waals surface area (Å²) in [6.45, 7) is 8.23. The Morgan fingerprint density at radius 3 is 2.59 bits per heavy atom. The van der Waals surface area contributed by atoms with Gasteiger partial charge in [0.25, 0.3) is 0 Å². The van der Waals surface area contributed by atoms with Crippen molar-refractivity contribution < 1.29 is 19.1 Å². The summed E-state index contributed by atoms with van der Waals surface area (Å²) >= 11 is 0. The topological polar surface area (TPSA) is 116 Å². The van der Waals surface area contributed by atoms with Gasteiger partial charge in [-0.2, -0.15) is 10.5 Å². The van der Waals surface area contributed by atoms with Crippen LogP contribution in [0.15, 0.2) is 40.5 Å². The lowest BCUT2D eigenvalue weighted by Gasteiger charge is -2.37. The normalized spacial score (nSPS) is 22.9. The number of hydrogen-bond acceptors (Lipinski definition) is 7. The Kier molecular flexibility index (Phi) is 7.41. The monoisotopic (exact) mass is 462 g/mol. The summed E-state index contributed by atoms with van der Waals surface area (Å²) in [5.74, 6) is -1.85. The van der Waals surface area contributed by atoms with Crippen LogP contribution < -0.4 is 0 Å². The van der Waals surface area contributed by atoms with E-state index in [-0.39, 0.29) is 12.0 Å². The van der Waals surface area contributed by atoms with Crippen LogP contribution in [0.4, 0.5) is 4.79 Å². The van der Waals surface area contributed by atoms with Gasteiger partial charge in [-0.05, 0) is 58.2 Å². The molecule has 2 aliphatic rings. The molecule has 0 aliphatic carbocycles. The lowest BCUT2D eigenvalue weighted by atomic mass is 9.74. The highest BCUT2D eigenvalue weighted by atomic mass is 16.6. The molecule has 0 saturated carbocycles. The Balaban J connectivity index is 2.02. The molecule has 0 N–H and O–H groups in total. The fraction of sp³-hybridized carbons (Fsp3) is 0.500. The highest BCUT2D eigenvalue weighted by Gasteiger charge is 2.39. The Morgan fingerprint density at radius 1 is 1.24 bits per heavy atom. The van der Waals surface area contributed by atoms with E-state index in [0.29, 0.717) is 41.2 Å². The summed E-state index contributed by atoms with van der Waals surface area (Å²) in [4.78, 5) is 31.1. The minimum atomic E-state index is -0.642. The third-order valence-electron chi connectivity index (χ3n) is 6.05. The van der Waals surface area contributed by atoms with E-state index in [1.807, 2.05) is 26.8 Å². The van der Waals surface area contributed by atoms with E-state index in [1.54, 1.807) is 30.0 Å². The number of aliphatic imine (C=N–C) groups is 1. The molecule has 2 aliphatic heterocycles. The molecule has 1 amide bonds. The highest BCUT2D eigenvalue weighted by molar-refractivity contribution is 5.92. The maximum atomic E-state index is 12.7. The summed E-state index contributed by atoms with van der Waals surface area (Å²) in [6, 6.07) is 11.4. The third kappa shape index (κ3) is 5.28. The van der Waals surface area contributed by atoms with Gasteiger partial charge in [0.1, 0.15) is 5.60 Å². The van der Waals surface area contributed by atoms with Crippen molar-refractivity contribution in [3.63, 3.8) is 0 Å². The zero-order chi connectivity index (χ0) is 25.0. The average molecular weight is 463 g/mol. The second-order valence-corrected chi connectivity index (χ2v) is 9.63. The lowest BCUT2D eigenvalue weighted by molar-refractivity contribution is 0.0181. The summed E-state index contributed by atoms with van der Waals surface area (Å²) in [7, 11) is 1.31. The molecule has 0 radical (unpaired) electrons. The maximum Gasteiger partial charge on any atom is 0.410 e. The van der Waals surface area contributed by atoms with Crippen molar-refractivity contribution in [2.24, 2.45) is 16.8 Å². The van der Waals surface area contributed by atoms with E-state index >= 15 is 0 Å². The minimum Gasteiger partial charge on any atom is -0.465 e. The van der Waals surface area contributed by atoms with Crippen molar-refractivity contribution in [1.82, 2.24) is 4.90 Å². The number of likely N-dealkylation sites (tertiary alicyclic amines) is 1. The van der Waals surface area contributed by atoms with Gasteiger partial charge < -0.3 is 14.4 Å². The smallest absolute Gasteiger partial charge is 0.410 e. The van der Waals surface area contributed by atoms with Crippen molar-refractivity contribution in [2.75, 3.05) is 20.2 Å². The third-order valence-corrected chi connectivity index (χ3v) is 6.05. The van der Waals surface area contributed by atoms with Crippen LogP contribution in [0.1, 0.15) is 62.4 Å². The fourth-order valence-electron chi connectivity index (χ4n) is 4.52. The van der Waals surface area contributed by atoms with Crippen molar-refractivity contribution >= 4 is 17.8 Å². The van der Waals surface area contributed by atoms with Crippen molar-refractivity contribution in [3.8, 4) is 12.1 Å². The largest absolute Gasteiger partial charge is 0.465 e. The molecule has 1 saturated heterocycles. The first-order chi connectivity index (χ1) is 16.1. The van der Waals surface area contributed by atoms with E-state index < -0.39 is 23.4 Å². The number of nitrogens with zero attached hydrogens (tertiary/aromatic N) is 4. The number of hydrogen-bond donors (Lipinski definition) is 0. The van der Waals surface area contributed by atoms with Gasteiger partial charge in [0.05, 0.1) is 42.0 Å². The quantitative estimate of drug-likeness (QED) is 0.606. The number of carbonyl (C=O) groups is 2. The zero-order valence-electron chi connectivity index (χ0n) is 20.3. The first-order valence-corrected chi connectivity index (χ1v) is 11.3. The van der Waals surface area contributed by atoms with Gasteiger partial charge in [0, 0.05) is 30.6 Å². The van der Waals surface area contributed by atoms with Gasteiger partial charge in [-0.1, -0.05) is 12.1 Å². The highest BCUT2D eigenvalue weighted by Crippen LogP contribution is 2.42. The number of allylic oxidation sites excluding steroid dienone is 1. The number of ether oxygens (including phenoxy) is 2. The summed E-state index contributed by atoms with van der Waals surface area (Å²) in [5, 5.41) is 20.1. The molecule has 1 fully saturated rings.